The Morgan fingerprint density at radius 3 is 2.55 bits per heavy atom. The van der Waals surface area contributed by atoms with Crippen molar-refractivity contribution in [3.63, 3.8) is 0 Å². The maximum atomic E-state index is 13.2. The molecule has 0 unspecified atom stereocenters. The number of carbonyl (C=O) groups excluding carboxylic acids is 1. The fraction of sp³-hybridized carbons (Fsp3) is 0.588. The van der Waals surface area contributed by atoms with E-state index in [1.807, 2.05) is 13.1 Å². The molecule has 1 aromatic rings. The number of hydrogen-bond acceptors (Lipinski definition) is 2. The third-order valence-electron chi connectivity index (χ3n) is 4.28. The van der Waals surface area contributed by atoms with Crippen LogP contribution in [0.2, 0.25) is 0 Å². The number of aldehydes is 1. The van der Waals surface area contributed by atoms with E-state index in [4.69, 9.17) is 0 Å². The molecular weight excluding hydrogens is 253 g/mol. The second-order valence-electron chi connectivity index (χ2n) is 6.20. The molecule has 1 aliphatic carbocycles. The van der Waals surface area contributed by atoms with E-state index >= 15 is 0 Å². The van der Waals surface area contributed by atoms with Crippen molar-refractivity contribution in [3.05, 3.63) is 35.6 Å². The van der Waals surface area contributed by atoms with Crippen LogP contribution >= 0.6 is 0 Å². The Kier molecular flexibility index (Phi) is 5.30. The van der Waals surface area contributed by atoms with Gasteiger partial charge in [-0.2, -0.15) is 0 Å². The molecule has 1 aliphatic rings. The van der Waals surface area contributed by atoms with Gasteiger partial charge in [0.25, 0.3) is 0 Å². The van der Waals surface area contributed by atoms with Gasteiger partial charge in [0.05, 0.1) is 0 Å². The molecule has 1 fully saturated rings. The third kappa shape index (κ3) is 4.14. The summed E-state index contributed by atoms with van der Waals surface area (Å²) in [5.74, 6) is -0.199. The van der Waals surface area contributed by atoms with Crippen molar-refractivity contribution in [2.75, 3.05) is 13.6 Å². The lowest BCUT2D eigenvalue weighted by molar-refractivity contribution is -0.118. The van der Waals surface area contributed by atoms with Gasteiger partial charge in [0.2, 0.25) is 0 Å². The minimum absolute atomic E-state index is 0.196. The molecule has 0 aromatic heterocycles. The molecule has 2 rings (SSSR count). The Balaban J connectivity index is 1.98. The molecule has 0 atom stereocenters. The van der Waals surface area contributed by atoms with Gasteiger partial charge in [-0.25, -0.2) is 4.39 Å². The Hall–Kier alpha value is -1.22. The Bertz CT molecular complexity index is 438. The number of nitrogens with zero attached hydrogens (tertiary/aromatic N) is 1. The first-order valence-corrected chi connectivity index (χ1v) is 7.53. The van der Waals surface area contributed by atoms with Gasteiger partial charge in [0.1, 0.15) is 12.1 Å². The number of rotatable bonds is 5. The average molecular weight is 277 g/mol. The van der Waals surface area contributed by atoms with E-state index in [1.165, 1.54) is 25.2 Å². The van der Waals surface area contributed by atoms with Crippen LogP contribution in [-0.4, -0.2) is 24.8 Å². The van der Waals surface area contributed by atoms with Gasteiger partial charge in [-0.1, -0.05) is 37.8 Å². The first-order chi connectivity index (χ1) is 9.63. The topological polar surface area (TPSA) is 20.3 Å². The number of carbonyl (C=O) groups is 1. The van der Waals surface area contributed by atoms with Crippen molar-refractivity contribution < 1.29 is 9.18 Å². The lowest BCUT2D eigenvalue weighted by Gasteiger charge is -2.31. The van der Waals surface area contributed by atoms with Crippen LogP contribution in [0.25, 0.3) is 0 Å². The molecule has 0 N–H and O–H groups in total. The molecule has 1 aromatic carbocycles. The normalized spacial score (nSPS) is 18.8. The number of hydrogen-bond donors (Lipinski definition) is 0. The van der Waals surface area contributed by atoms with E-state index in [-0.39, 0.29) is 11.2 Å². The Morgan fingerprint density at radius 2 is 1.95 bits per heavy atom. The summed E-state index contributed by atoms with van der Waals surface area (Å²) in [5, 5.41) is 0. The fourth-order valence-corrected chi connectivity index (χ4v) is 3.29. The van der Waals surface area contributed by atoms with Crippen LogP contribution in [0, 0.1) is 11.2 Å². The minimum atomic E-state index is -0.199. The summed E-state index contributed by atoms with van der Waals surface area (Å²) in [6, 6.07) is 6.69. The molecule has 1 saturated carbocycles. The van der Waals surface area contributed by atoms with E-state index in [0.29, 0.717) is 6.54 Å². The molecule has 0 bridgehead atoms. The van der Waals surface area contributed by atoms with Crippen molar-refractivity contribution in [1.82, 2.24) is 4.90 Å². The second-order valence-corrected chi connectivity index (χ2v) is 6.20. The van der Waals surface area contributed by atoms with Crippen molar-refractivity contribution in [3.8, 4) is 0 Å². The Labute approximate surface area is 121 Å². The van der Waals surface area contributed by atoms with E-state index in [2.05, 4.69) is 4.90 Å². The largest absolute Gasteiger partial charge is 0.303 e. The van der Waals surface area contributed by atoms with E-state index in [1.54, 1.807) is 12.1 Å². The molecule has 20 heavy (non-hydrogen) atoms. The summed E-state index contributed by atoms with van der Waals surface area (Å²) in [7, 11) is 2.01. The standard InChI is InChI=1S/C17H24FNO/c1-19(12-15-7-6-8-16(18)11-15)13-17(14-20)9-4-2-3-5-10-17/h6-8,11,14H,2-5,9-10,12-13H2,1H3. The van der Waals surface area contributed by atoms with Crippen molar-refractivity contribution in [2.24, 2.45) is 5.41 Å². The first kappa shape index (κ1) is 15.2. The predicted octanol–water partition coefficient (Wildman–Crippen LogP) is 3.80. The fourth-order valence-electron chi connectivity index (χ4n) is 3.29. The van der Waals surface area contributed by atoms with Crippen molar-refractivity contribution in [1.29, 1.82) is 0 Å². The van der Waals surface area contributed by atoms with Gasteiger partial charge in [-0.05, 0) is 37.6 Å². The maximum Gasteiger partial charge on any atom is 0.127 e. The van der Waals surface area contributed by atoms with Crippen LogP contribution in [0.15, 0.2) is 24.3 Å². The van der Waals surface area contributed by atoms with Crippen LogP contribution in [0.4, 0.5) is 4.39 Å². The van der Waals surface area contributed by atoms with Crippen LogP contribution < -0.4 is 0 Å². The monoisotopic (exact) mass is 277 g/mol. The number of halogens is 1. The third-order valence-corrected chi connectivity index (χ3v) is 4.28. The lowest BCUT2D eigenvalue weighted by atomic mass is 9.81. The highest BCUT2D eigenvalue weighted by Crippen LogP contribution is 2.34. The highest BCUT2D eigenvalue weighted by atomic mass is 19.1. The van der Waals surface area contributed by atoms with Crippen LogP contribution in [0.1, 0.15) is 44.1 Å². The molecule has 0 saturated heterocycles. The van der Waals surface area contributed by atoms with Crippen LogP contribution in [-0.2, 0) is 11.3 Å². The summed E-state index contributed by atoms with van der Waals surface area (Å²) in [6.07, 6.45) is 7.92. The molecule has 0 aliphatic heterocycles. The summed E-state index contributed by atoms with van der Waals surface area (Å²) in [6.45, 7) is 1.46. The number of benzene rings is 1. The zero-order valence-electron chi connectivity index (χ0n) is 12.3. The smallest absolute Gasteiger partial charge is 0.127 e. The van der Waals surface area contributed by atoms with Gasteiger partial charge < -0.3 is 9.69 Å². The van der Waals surface area contributed by atoms with E-state index in [0.717, 1.165) is 37.8 Å². The van der Waals surface area contributed by atoms with Gasteiger partial charge >= 0.3 is 0 Å². The minimum Gasteiger partial charge on any atom is -0.303 e. The van der Waals surface area contributed by atoms with Gasteiger partial charge in [-0.15, -0.1) is 0 Å². The lowest BCUT2D eigenvalue weighted by Crippen LogP contribution is -2.36. The van der Waals surface area contributed by atoms with Crippen LogP contribution in [0.3, 0.4) is 0 Å². The Morgan fingerprint density at radius 1 is 1.25 bits per heavy atom. The highest BCUT2D eigenvalue weighted by Gasteiger charge is 2.31. The zero-order chi connectivity index (χ0) is 14.4. The van der Waals surface area contributed by atoms with Gasteiger partial charge in [0, 0.05) is 18.5 Å². The summed E-state index contributed by atoms with van der Waals surface area (Å²) in [5.41, 5.74) is 0.764. The molecule has 2 nitrogen and oxygen atoms in total. The molecule has 3 heteroatoms. The average Bonchev–Trinajstić information content (AvgIpc) is 2.65. The molecule has 0 spiro atoms. The zero-order valence-corrected chi connectivity index (χ0v) is 12.3. The molecule has 0 radical (unpaired) electrons. The molecule has 110 valence electrons. The van der Waals surface area contributed by atoms with Gasteiger partial charge in [-0.3, -0.25) is 0 Å². The maximum absolute atomic E-state index is 13.2. The summed E-state index contributed by atoms with van der Waals surface area (Å²) < 4.78 is 13.2. The SMILES string of the molecule is CN(Cc1cccc(F)c1)CC1(C=O)CCCCCC1. The van der Waals surface area contributed by atoms with Crippen LogP contribution in [0.5, 0.6) is 0 Å². The predicted molar refractivity (Wildman–Crippen MR) is 78.9 cm³/mol. The summed E-state index contributed by atoms with van der Waals surface area (Å²) >= 11 is 0. The van der Waals surface area contributed by atoms with Crippen molar-refractivity contribution in [2.45, 2.75) is 45.1 Å². The molecule has 0 amide bonds. The molecule has 0 heterocycles. The first-order valence-electron chi connectivity index (χ1n) is 7.53. The second kappa shape index (κ2) is 6.98. The summed E-state index contributed by atoms with van der Waals surface area (Å²) in [4.78, 5) is 13.7. The molecular formula is C17H24FNO. The highest BCUT2D eigenvalue weighted by molar-refractivity contribution is 5.59. The quantitative estimate of drug-likeness (QED) is 0.603. The van der Waals surface area contributed by atoms with Gasteiger partial charge in [0.15, 0.2) is 0 Å². The van der Waals surface area contributed by atoms with E-state index < -0.39 is 0 Å². The van der Waals surface area contributed by atoms with E-state index in [9.17, 15) is 9.18 Å². The van der Waals surface area contributed by atoms with Crippen molar-refractivity contribution >= 4 is 6.29 Å².